The van der Waals surface area contributed by atoms with Gasteiger partial charge in [0, 0.05) is 19.3 Å². The molecule has 2 atom stereocenters. The quantitative estimate of drug-likeness (QED) is 0.545. The molecule has 7 heteroatoms. The largest absolute Gasteiger partial charge is 0.508 e. The molecule has 0 amide bonds. The average molecular weight is 286 g/mol. The van der Waals surface area contributed by atoms with Crippen LogP contribution < -0.4 is 0 Å². The fourth-order valence-electron chi connectivity index (χ4n) is 2.18. The smallest absolute Gasteiger partial charge is 0.234 e. The van der Waals surface area contributed by atoms with Crippen molar-refractivity contribution in [3.63, 3.8) is 0 Å². The van der Waals surface area contributed by atoms with E-state index < -0.39 is 12.1 Å². The molecule has 1 heterocycles. The van der Waals surface area contributed by atoms with Gasteiger partial charge < -0.3 is 5.11 Å². The van der Waals surface area contributed by atoms with Crippen molar-refractivity contribution in [1.29, 1.82) is 0 Å². The Hall–Kier alpha value is -1.22. The zero-order valence-corrected chi connectivity index (χ0v) is 10.9. The molecule has 1 aromatic carbocycles. The first-order chi connectivity index (χ1) is 9.69. The van der Waals surface area contributed by atoms with Gasteiger partial charge in [0.05, 0.1) is 0 Å². The Morgan fingerprint density at radius 2 is 2.10 bits per heavy atom. The molecule has 0 bridgehead atoms. The van der Waals surface area contributed by atoms with E-state index >= 15 is 0 Å². The first kappa shape index (κ1) is 15.2. The molecule has 112 valence electrons. The number of aryl methyl sites for hydroxylation is 1. The second kappa shape index (κ2) is 6.98. The van der Waals surface area contributed by atoms with Gasteiger partial charge in [0.1, 0.15) is 5.75 Å². The van der Waals surface area contributed by atoms with Gasteiger partial charge in [0.2, 0.25) is 12.1 Å². The summed E-state index contributed by atoms with van der Waals surface area (Å²) in [6, 6.07) is 7.05. The number of hydrogen-bond donors (Lipinski definition) is 3. The number of benzene rings is 1. The van der Waals surface area contributed by atoms with Gasteiger partial charge >= 0.3 is 0 Å². The van der Waals surface area contributed by atoms with Crippen LogP contribution in [-0.2, 0) is 26.0 Å². The molecule has 1 aliphatic heterocycles. The number of hydrogen-bond acceptors (Lipinski definition) is 7. The van der Waals surface area contributed by atoms with Crippen LogP contribution in [-0.4, -0.2) is 27.7 Å². The fraction of sp³-hybridized carbons (Fsp3) is 0.538. The number of phenolic OH excluding ortho intramolecular Hbond substituents is 1. The molecule has 1 aliphatic rings. The van der Waals surface area contributed by atoms with Crippen LogP contribution >= 0.6 is 0 Å². The van der Waals surface area contributed by atoms with Crippen LogP contribution in [0.5, 0.6) is 5.75 Å². The molecule has 7 nitrogen and oxygen atoms in total. The molecule has 0 spiro atoms. The third kappa shape index (κ3) is 3.66. The highest BCUT2D eigenvalue weighted by Crippen LogP contribution is 2.32. The Bertz CT molecular complexity index is 415. The molecule has 0 aliphatic carbocycles. The molecule has 20 heavy (non-hydrogen) atoms. The van der Waals surface area contributed by atoms with E-state index in [0.29, 0.717) is 32.1 Å². The number of rotatable bonds is 6. The summed E-state index contributed by atoms with van der Waals surface area (Å²) >= 11 is 0. The van der Waals surface area contributed by atoms with E-state index in [1.54, 1.807) is 12.1 Å². The van der Waals surface area contributed by atoms with Crippen LogP contribution in [0.3, 0.4) is 0 Å². The third-order valence-corrected chi connectivity index (χ3v) is 3.35. The normalized spacial score (nSPS) is 26.6. The topological polar surface area (TPSA) is 97.6 Å². The molecule has 1 saturated heterocycles. The highest BCUT2D eigenvalue weighted by atomic mass is 17.3. The van der Waals surface area contributed by atoms with Crippen LogP contribution in [0.2, 0.25) is 0 Å². The van der Waals surface area contributed by atoms with Crippen molar-refractivity contribution in [2.75, 3.05) is 0 Å². The summed E-state index contributed by atoms with van der Waals surface area (Å²) in [5.74, 6) is -1.03. The van der Waals surface area contributed by atoms with Gasteiger partial charge in [-0.25, -0.2) is 20.3 Å². The van der Waals surface area contributed by atoms with Crippen molar-refractivity contribution in [3.05, 3.63) is 29.8 Å². The Morgan fingerprint density at radius 3 is 2.70 bits per heavy atom. The van der Waals surface area contributed by atoms with Crippen LogP contribution in [0.1, 0.15) is 31.2 Å². The molecule has 0 unspecified atom stereocenters. The third-order valence-electron chi connectivity index (χ3n) is 3.35. The minimum Gasteiger partial charge on any atom is -0.508 e. The molecule has 3 N–H and O–H groups in total. The standard InChI is InChI=1S/C13H18O7/c14-11-6-2-1-4-10(11)5-3-8-13(19-16)9-7-12(17-15)18-20-13/h1-2,4,6,12,14-16H,3,5,7-9H2/t12-,13-/m0/s1. The van der Waals surface area contributed by atoms with Gasteiger partial charge in [0.15, 0.2) is 0 Å². The predicted molar refractivity (Wildman–Crippen MR) is 66.4 cm³/mol. The average Bonchev–Trinajstić information content (AvgIpc) is 2.50. The first-order valence-electron chi connectivity index (χ1n) is 6.43. The van der Waals surface area contributed by atoms with Crippen LogP contribution in [0, 0.1) is 0 Å². The van der Waals surface area contributed by atoms with Crippen molar-refractivity contribution in [1.82, 2.24) is 0 Å². The minimum atomic E-state index is -1.26. The second-order valence-electron chi connectivity index (χ2n) is 4.74. The SMILES string of the molecule is OO[C@@H]1CC[C@@](CCCc2ccccc2O)(OO)OO1. The lowest BCUT2D eigenvalue weighted by Gasteiger charge is -2.34. The van der Waals surface area contributed by atoms with E-state index in [9.17, 15) is 5.11 Å². The van der Waals surface area contributed by atoms with Crippen molar-refractivity contribution in [3.8, 4) is 5.75 Å². The maximum absolute atomic E-state index is 9.65. The zero-order valence-electron chi connectivity index (χ0n) is 10.9. The van der Waals surface area contributed by atoms with Gasteiger partial charge in [-0.3, -0.25) is 0 Å². The van der Waals surface area contributed by atoms with Crippen LogP contribution in [0.4, 0.5) is 0 Å². The zero-order chi connectivity index (χ0) is 14.4. The van der Waals surface area contributed by atoms with Crippen LogP contribution in [0.15, 0.2) is 24.3 Å². The molecule has 0 radical (unpaired) electrons. The molecular weight excluding hydrogens is 268 g/mol. The number of para-hydroxylation sites is 1. The monoisotopic (exact) mass is 286 g/mol. The summed E-state index contributed by atoms with van der Waals surface area (Å²) < 4.78 is 0. The lowest BCUT2D eigenvalue weighted by molar-refractivity contribution is -0.566. The molecule has 1 fully saturated rings. The highest BCUT2D eigenvalue weighted by Gasteiger charge is 2.40. The Labute approximate surface area is 116 Å². The predicted octanol–water partition coefficient (Wildman–Crippen LogP) is 2.46. The Kier molecular flexibility index (Phi) is 5.30. The summed E-state index contributed by atoms with van der Waals surface area (Å²) in [6.07, 6.45) is 1.36. The van der Waals surface area contributed by atoms with Crippen molar-refractivity contribution >= 4 is 0 Å². The van der Waals surface area contributed by atoms with E-state index in [0.717, 1.165) is 5.56 Å². The maximum atomic E-state index is 9.65. The first-order valence-corrected chi connectivity index (χ1v) is 6.43. The second-order valence-corrected chi connectivity index (χ2v) is 4.74. The van der Waals surface area contributed by atoms with Gasteiger partial charge in [-0.05, 0) is 24.5 Å². The number of aromatic hydroxyl groups is 1. The van der Waals surface area contributed by atoms with Gasteiger partial charge in [0.25, 0.3) is 0 Å². The lowest BCUT2D eigenvalue weighted by Crippen LogP contribution is -2.42. The van der Waals surface area contributed by atoms with E-state index in [1.807, 2.05) is 12.1 Å². The molecule has 2 rings (SSSR count). The van der Waals surface area contributed by atoms with E-state index in [1.165, 1.54) is 0 Å². The van der Waals surface area contributed by atoms with E-state index in [2.05, 4.69) is 9.78 Å². The summed E-state index contributed by atoms with van der Waals surface area (Å²) in [6.45, 7) is 0. The summed E-state index contributed by atoms with van der Waals surface area (Å²) in [7, 11) is 0. The van der Waals surface area contributed by atoms with Gasteiger partial charge in [-0.2, -0.15) is 9.78 Å². The number of phenols is 1. The molecule has 0 saturated carbocycles. The molecular formula is C13H18O7. The minimum absolute atomic E-state index is 0.237. The Balaban J connectivity index is 1.84. The summed E-state index contributed by atoms with van der Waals surface area (Å²) in [5.41, 5.74) is 0.814. The van der Waals surface area contributed by atoms with Crippen molar-refractivity contribution < 1.29 is 35.2 Å². The van der Waals surface area contributed by atoms with Crippen molar-refractivity contribution in [2.24, 2.45) is 0 Å². The lowest BCUT2D eigenvalue weighted by atomic mass is 9.99. The molecule has 1 aromatic rings. The van der Waals surface area contributed by atoms with Crippen molar-refractivity contribution in [2.45, 2.75) is 44.2 Å². The molecule has 0 aromatic heterocycles. The summed E-state index contributed by atoms with van der Waals surface area (Å²) in [4.78, 5) is 18.1. The van der Waals surface area contributed by atoms with Gasteiger partial charge in [-0.15, -0.1) is 0 Å². The Morgan fingerprint density at radius 1 is 1.30 bits per heavy atom. The maximum Gasteiger partial charge on any atom is 0.234 e. The summed E-state index contributed by atoms with van der Waals surface area (Å²) in [5, 5.41) is 27.1. The highest BCUT2D eigenvalue weighted by molar-refractivity contribution is 5.31. The van der Waals surface area contributed by atoms with E-state index in [-0.39, 0.29) is 5.75 Å². The fourth-order valence-corrected chi connectivity index (χ4v) is 2.18. The van der Waals surface area contributed by atoms with E-state index in [4.69, 9.17) is 20.3 Å². The van der Waals surface area contributed by atoms with Crippen LogP contribution in [0.25, 0.3) is 0 Å². The van der Waals surface area contributed by atoms with Gasteiger partial charge in [-0.1, -0.05) is 18.2 Å².